The summed E-state index contributed by atoms with van der Waals surface area (Å²) in [6.07, 6.45) is 53.4. The zero-order valence-corrected chi connectivity index (χ0v) is 39.1. The van der Waals surface area contributed by atoms with Crippen molar-refractivity contribution in [3.63, 3.8) is 0 Å². The summed E-state index contributed by atoms with van der Waals surface area (Å²) in [5.41, 5.74) is 0. The first-order chi connectivity index (χ1) is 29.4. The molecule has 0 heterocycles. The quantitative estimate of drug-likeness (QED) is 0.0161. The number of carbonyl (C=O) groups is 2. The summed E-state index contributed by atoms with van der Waals surface area (Å²) >= 11 is 0. The average molecular weight is 870 g/mol. The molecule has 0 aromatic carbocycles. The third-order valence-electron chi connectivity index (χ3n) is 8.64. The Morgan fingerprint density at radius 2 is 1.10 bits per heavy atom. The number of hydrogen-bond acceptors (Lipinski definition) is 9. The zero-order chi connectivity index (χ0) is 45.1. The Morgan fingerprint density at radius 1 is 0.607 bits per heavy atom. The molecule has 3 atom stereocenters. The highest BCUT2D eigenvalue weighted by Crippen LogP contribution is 2.38. The number of hydrogen-bond donors (Lipinski definition) is 1. The Labute approximate surface area is 370 Å². The maximum atomic E-state index is 12.7. The SMILES string of the molecule is CCCCC/C=C\C/C=C\C/C=C\C/C=C\C/C=C\CCC(=O)O[C@H](COC(=O)CCC/C=C\C/C=C\C/C=C\C/C=C\C=C\[C@@H](O)CC)COP(=O)([O-])OCC[N+](C)(C)C. The van der Waals surface area contributed by atoms with Crippen molar-refractivity contribution in [3.8, 4) is 0 Å². The van der Waals surface area contributed by atoms with Gasteiger partial charge in [0, 0.05) is 12.8 Å². The summed E-state index contributed by atoms with van der Waals surface area (Å²) in [4.78, 5) is 37.5. The zero-order valence-electron chi connectivity index (χ0n) is 38.2. The third kappa shape index (κ3) is 44.2. The van der Waals surface area contributed by atoms with Gasteiger partial charge in [-0.2, -0.15) is 0 Å². The molecule has 0 aliphatic carbocycles. The van der Waals surface area contributed by atoms with Crippen LogP contribution in [0.15, 0.2) is 122 Å². The van der Waals surface area contributed by atoms with Crippen LogP contribution in [0.4, 0.5) is 0 Å². The maximum Gasteiger partial charge on any atom is 0.306 e. The van der Waals surface area contributed by atoms with Crippen LogP contribution in [0.5, 0.6) is 0 Å². The van der Waals surface area contributed by atoms with Crippen LogP contribution in [0, 0.1) is 0 Å². The Balaban J connectivity index is 4.62. The number of esters is 2. The average Bonchev–Trinajstić information content (AvgIpc) is 3.21. The molecule has 1 N–H and O–H groups in total. The highest BCUT2D eigenvalue weighted by atomic mass is 31.2. The molecular weight excluding hydrogens is 790 g/mol. The standard InChI is InChI=1S/C50H80NO9P/c1-6-8-9-10-11-12-13-14-15-16-17-18-19-24-27-30-33-36-39-42-50(54)60-48(46-59-61(55,56)58-44-43-51(3,4)5)45-57-49(53)41-38-35-32-29-26-23-21-20-22-25-28-31-34-37-40-47(52)7-2/h11-12,14-15,17-18,21-25,27,29,31-34,36-37,40,47-48,52H,6-10,13,16,19-20,26,28,30,35,38-39,41-46H2,1-5H3/b12-11-,15-14-,18-17-,23-21-,25-22-,27-24-,32-29-,34-31-,36-33-,40-37+/t47-,48+/m0/s1. The first-order valence-electron chi connectivity index (χ1n) is 22.4. The van der Waals surface area contributed by atoms with Crippen molar-refractivity contribution < 1.29 is 47.2 Å². The molecular formula is C50H80NO9P. The molecule has 0 aromatic heterocycles. The van der Waals surface area contributed by atoms with Crippen LogP contribution in [-0.2, 0) is 32.7 Å². The normalized spacial score (nSPS) is 15.2. The van der Waals surface area contributed by atoms with Crippen molar-refractivity contribution in [1.82, 2.24) is 0 Å². The first kappa shape index (κ1) is 57.4. The molecule has 0 saturated heterocycles. The Bertz CT molecular complexity index is 1460. The van der Waals surface area contributed by atoms with Crippen LogP contribution in [0.25, 0.3) is 0 Å². The van der Waals surface area contributed by atoms with Gasteiger partial charge < -0.3 is 33.0 Å². The van der Waals surface area contributed by atoms with E-state index in [1.807, 2.05) is 70.6 Å². The van der Waals surface area contributed by atoms with E-state index in [1.54, 1.807) is 6.08 Å². The van der Waals surface area contributed by atoms with Gasteiger partial charge in [0.1, 0.15) is 19.8 Å². The van der Waals surface area contributed by atoms with Gasteiger partial charge in [0.05, 0.1) is 33.9 Å². The number of carbonyl (C=O) groups excluding carboxylic acids is 2. The molecule has 0 rings (SSSR count). The number of likely N-dealkylation sites (N-methyl/N-ethyl adjacent to an activating group) is 1. The number of nitrogens with zero attached hydrogens (tertiary/aromatic N) is 1. The number of aliphatic hydroxyl groups excluding tert-OH is 1. The molecule has 0 aliphatic rings. The predicted octanol–water partition coefficient (Wildman–Crippen LogP) is 11.2. The molecule has 0 aromatic rings. The molecule has 10 nitrogen and oxygen atoms in total. The fourth-order valence-electron chi connectivity index (χ4n) is 4.97. The minimum absolute atomic E-state index is 0.0666. The number of aliphatic hydroxyl groups is 1. The molecule has 0 amide bonds. The van der Waals surface area contributed by atoms with E-state index in [2.05, 4.69) is 79.8 Å². The summed E-state index contributed by atoms with van der Waals surface area (Å²) < 4.78 is 33.7. The van der Waals surface area contributed by atoms with Crippen molar-refractivity contribution >= 4 is 19.8 Å². The largest absolute Gasteiger partial charge is 0.756 e. The fourth-order valence-corrected chi connectivity index (χ4v) is 5.70. The predicted molar refractivity (Wildman–Crippen MR) is 250 cm³/mol. The van der Waals surface area contributed by atoms with Crippen molar-refractivity contribution in [3.05, 3.63) is 122 Å². The molecule has 0 spiro atoms. The van der Waals surface area contributed by atoms with Crippen LogP contribution < -0.4 is 4.89 Å². The molecule has 0 fully saturated rings. The third-order valence-corrected chi connectivity index (χ3v) is 9.60. The van der Waals surface area contributed by atoms with Crippen LogP contribution >= 0.6 is 7.82 Å². The number of unbranched alkanes of at least 4 members (excludes halogenated alkanes) is 4. The van der Waals surface area contributed by atoms with Gasteiger partial charge in [0.2, 0.25) is 0 Å². The van der Waals surface area contributed by atoms with Gasteiger partial charge in [-0.05, 0) is 83.5 Å². The topological polar surface area (TPSA) is 131 Å². The first-order valence-corrected chi connectivity index (χ1v) is 23.8. The number of ether oxygens (including phenoxy) is 2. The van der Waals surface area contributed by atoms with Gasteiger partial charge in [-0.15, -0.1) is 0 Å². The van der Waals surface area contributed by atoms with E-state index in [1.165, 1.54) is 25.7 Å². The molecule has 0 radical (unpaired) electrons. The number of rotatable bonds is 38. The van der Waals surface area contributed by atoms with Crippen molar-refractivity contribution in [2.75, 3.05) is 47.5 Å². The van der Waals surface area contributed by atoms with Gasteiger partial charge in [-0.25, -0.2) is 0 Å². The minimum Gasteiger partial charge on any atom is -0.756 e. The van der Waals surface area contributed by atoms with Crippen LogP contribution in [0.1, 0.15) is 123 Å². The van der Waals surface area contributed by atoms with Crippen molar-refractivity contribution in [2.24, 2.45) is 0 Å². The number of quaternary nitrogens is 1. The molecule has 0 bridgehead atoms. The molecule has 11 heteroatoms. The minimum atomic E-state index is -4.68. The Hall–Kier alpha value is -3.63. The van der Waals surface area contributed by atoms with Crippen LogP contribution in [-0.4, -0.2) is 81.2 Å². The molecule has 0 saturated carbocycles. The van der Waals surface area contributed by atoms with E-state index >= 15 is 0 Å². The van der Waals surface area contributed by atoms with Gasteiger partial charge in [0.25, 0.3) is 7.82 Å². The summed E-state index contributed by atoms with van der Waals surface area (Å²) in [7, 11) is 1.04. The number of phosphoric ester groups is 1. The van der Waals surface area contributed by atoms with Crippen LogP contribution in [0.3, 0.4) is 0 Å². The highest BCUT2D eigenvalue weighted by molar-refractivity contribution is 7.45. The van der Waals surface area contributed by atoms with Gasteiger partial charge >= 0.3 is 11.9 Å². The van der Waals surface area contributed by atoms with E-state index in [9.17, 15) is 24.2 Å². The van der Waals surface area contributed by atoms with Gasteiger partial charge in [0.15, 0.2) is 6.10 Å². The van der Waals surface area contributed by atoms with E-state index in [4.69, 9.17) is 18.5 Å². The Morgan fingerprint density at radius 3 is 1.61 bits per heavy atom. The summed E-state index contributed by atoms with van der Waals surface area (Å²) in [6, 6.07) is 0. The van der Waals surface area contributed by atoms with Gasteiger partial charge in [-0.1, -0.05) is 148 Å². The van der Waals surface area contributed by atoms with Crippen LogP contribution in [0.2, 0.25) is 0 Å². The second-order valence-electron chi connectivity index (χ2n) is 15.5. The van der Waals surface area contributed by atoms with E-state index in [-0.39, 0.29) is 32.2 Å². The number of phosphoric acid groups is 1. The molecule has 0 aliphatic heterocycles. The number of allylic oxidation sites excluding steroid dienone is 19. The lowest BCUT2D eigenvalue weighted by molar-refractivity contribution is -0.870. The Kier molecular flexibility index (Phi) is 38.0. The molecule has 344 valence electrons. The maximum absolute atomic E-state index is 12.7. The second-order valence-corrected chi connectivity index (χ2v) is 16.9. The van der Waals surface area contributed by atoms with E-state index in [0.29, 0.717) is 36.7 Å². The molecule has 1 unspecified atom stereocenters. The highest BCUT2D eigenvalue weighted by Gasteiger charge is 2.21. The smallest absolute Gasteiger partial charge is 0.306 e. The van der Waals surface area contributed by atoms with E-state index in [0.717, 1.165) is 44.9 Å². The summed E-state index contributed by atoms with van der Waals surface area (Å²) in [5, 5.41) is 9.48. The lowest BCUT2D eigenvalue weighted by Gasteiger charge is -2.28. The lowest BCUT2D eigenvalue weighted by atomic mass is 10.2. The van der Waals surface area contributed by atoms with E-state index < -0.39 is 32.5 Å². The lowest BCUT2D eigenvalue weighted by Crippen LogP contribution is -2.37. The summed E-state index contributed by atoms with van der Waals surface area (Å²) in [6.45, 7) is 3.67. The van der Waals surface area contributed by atoms with Crippen molar-refractivity contribution in [1.29, 1.82) is 0 Å². The molecule has 61 heavy (non-hydrogen) atoms. The van der Waals surface area contributed by atoms with Gasteiger partial charge in [-0.3, -0.25) is 14.2 Å². The summed E-state index contributed by atoms with van der Waals surface area (Å²) in [5.74, 6) is -1.03. The monoisotopic (exact) mass is 870 g/mol. The fraction of sp³-hybridized carbons (Fsp3) is 0.560. The van der Waals surface area contributed by atoms with Crippen molar-refractivity contribution in [2.45, 2.75) is 135 Å². The second kappa shape index (κ2) is 40.4.